The summed E-state index contributed by atoms with van der Waals surface area (Å²) >= 11 is 0. The van der Waals surface area contributed by atoms with Crippen molar-refractivity contribution >= 4 is 7.37 Å². The molecule has 80 valence electrons. The largest absolute Gasteiger partial charge is 0.322 e. The van der Waals surface area contributed by atoms with Gasteiger partial charge in [-0.25, -0.2) is 0 Å². The van der Waals surface area contributed by atoms with E-state index in [1.54, 1.807) is 29.9 Å². The maximum Gasteiger partial charge on any atom is 0.246 e. The van der Waals surface area contributed by atoms with Crippen LogP contribution in [0.4, 0.5) is 0 Å². The van der Waals surface area contributed by atoms with Crippen LogP contribution in [0.3, 0.4) is 0 Å². The fourth-order valence-electron chi connectivity index (χ4n) is 0.853. The number of hydrogen-bond acceptors (Lipinski definition) is 2. The lowest BCUT2D eigenvalue weighted by molar-refractivity contribution is 0.294. The molecule has 0 heterocycles. The van der Waals surface area contributed by atoms with E-state index in [0.29, 0.717) is 6.61 Å². The van der Waals surface area contributed by atoms with Crippen molar-refractivity contribution in [1.29, 1.82) is 0 Å². The van der Waals surface area contributed by atoms with Gasteiger partial charge in [0.25, 0.3) is 0 Å². The Morgan fingerprint density at radius 1 is 1.36 bits per heavy atom. The van der Waals surface area contributed by atoms with Crippen LogP contribution in [0.5, 0.6) is 0 Å². The van der Waals surface area contributed by atoms with Crippen molar-refractivity contribution in [3.63, 3.8) is 0 Å². The number of hydrogen-bond donors (Lipinski definition) is 0. The highest BCUT2D eigenvalue weighted by Crippen LogP contribution is 2.50. The highest BCUT2D eigenvalue weighted by atomic mass is 31.2. The van der Waals surface area contributed by atoms with Crippen molar-refractivity contribution < 1.29 is 9.09 Å². The Balaban J connectivity index is 4.38. The molecule has 2 atom stereocenters. The minimum Gasteiger partial charge on any atom is -0.322 e. The van der Waals surface area contributed by atoms with Gasteiger partial charge >= 0.3 is 0 Å². The monoisotopic (exact) mass is 214 g/mol. The van der Waals surface area contributed by atoms with E-state index in [4.69, 9.17) is 4.52 Å². The fraction of sp³-hybridized carbons (Fsp3) is 0.455. The minimum atomic E-state index is -2.70. The van der Waals surface area contributed by atoms with Crippen molar-refractivity contribution in [2.75, 3.05) is 6.61 Å². The van der Waals surface area contributed by atoms with E-state index >= 15 is 0 Å². The van der Waals surface area contributed by atoms with Crippen molar-refractivity contribution in [3.05, 3.63) is 36.4 Å². The first-order valence-electron chi connectivity index (χ1n) is 4.72. The van der Waals surface area contributed by atoms with Crippen LogP contribution >= 0.6 is 7.37 Å². The first kappa shape index (κ1) is 13.4. The average Bonchev–Trinajstić information content (AvgIpc) is 2.15. The summed E-state index contributed by atoms with van der Waals surface area (Å²) in [5, 5.41) is 0. The predicted molar refractivity (Wildman–Crippen MR) is 62.5 cm³/mol. The van der Waals surface area contributed by atoms with Crippen LogP contribution in [0, 0.1) is 5.92 Å². The minimum absolute atomic E-state index is 0.221. The van der Waals surface area contributed by atoms with Gasteiger partial charge < -0.3 is 4.52 Å². The molecule has 14 heavy (non-hydrogen) atoms. The molecule has 0 aromatic carbocycles. The van der Waals surface area contributed by atoms with Crippen LogP contribution < -0.4 is 0 Å². The summed E-state index contributed by atoms with van der Waals surface area (Å²) in [6.07, 6.45) is 5.29. The summed E-state index contributed by atoms with van der Waals surface area (Å²) < 4.78 is 17.4. The standard InChI is InChI=1S/C11H19O2P/c1-5-8-14(12,9-6-2)13-10-11(4)7-3/h5-9,11H,3,10H2,1-2,4H3/b8-5-,9-6+. The van der Waals surface area contributed by atoms with Gasteiger partial charge in [-0.15, -0.1) is 6.58 Å². The maximum absolute atomic E-state index is 12.0. The van der Waals surface area contributed by atoms with Crippen LogP contribution in [0.1, 0.15) is 20.8 Å². The molecule has 0 aromatic heterocycles. The summed E-state index contributed by atoms with van der Waals surface area (Å²) in [6, 6.07) is 0. The van der Waals surface area contributed by atoms with Crippen LogP contribution in [0.2, 0.25) is 0 Å². The van der Waals surface area contributed by atoms with Gasteiger partial charge in [-0.3, -0.25) is 4.57 Å². The van der Waals surface area contributed by atoms with E-state index in [-0.39, 0.29) is 5.92 Å². The molecule has 0 radical (unpaired) electrons. The molecule has 2 nitrogen and oxygen atoms in total. The van der Waals surface area contributed by atoms with E-state index in [2.05, 4.69) is 6.58 Å². The van der Waals surface area contributed by atoms with Gasteiger partial charge in [0.05, 0.1) is 6.61 Å². The van der Waals surface area contributed by atoms with E-state index in [0.717, 1.165) is 0 Å². The number of rotatable bonds is 6. The van der Waals surface area contributed by atoms with E-state index < -0.39 is 7.37 Å². The molecular formula is C11H19O2P. The van der Waals surface area contributed by atoms with E-state index in [1.807, 2.05) is 20.8 Å². The first-order chi connectivity index (χ1) is 6.58. The zero-order chi connectivity index (χ0) is 11.0. The van der Waals surface area contributed by atoms with Gasteiger partial charge in [0, 0.05) is 11.6 Å². The summed E-state index contributed by atoms with van der Waals surface area (Å²) in [7, 11) is -2.70. The van der Waals surface area contributed by atoms with Gasteiger partial charge in [0.1, 0.15) is 0 Å². The SMILES string of the molecule is C=CC(C)COP(=O)(/C=C\C)/C=C/C. The fourth-order valence-corrected chi connectivity index (χ4v) is 2.42. The second kappa shape index (κ2) is 6.80. The normalized spacial score (nSPS) is 18.5. The zero-order valence-electron chi connectivity index (χ0n) is 9.14. The molecule has 0 fully saturated rings. The molecule has 0 saturated heterocycles. The Bertz CT molecular complexity index is 250. The average molecular weight is 214 g/mol. The van der Waals surface area contributed by atoms with Crippen molar-refractivity contribution in [2.45, 2.75) is 20.8 Å². The third-order valence-corrected chi connectivity index (χ3v) is 3.64. The molecule has 3 heteroatoms. The van der Waals surface area contributed by atoms with Crippen molar-refractivity contribution in [2.24, 2.45) is 5.92 Å². The van der Waals surface area contributed by atoms with E-state index in [9.17, 15) is 4.57 Å². The summed E-state index contributed by atoms with van der Waals surface area (Å²) in [4.78, 5) is 0. The molecule has 2 unspecified atom stereocenters. The maximum atomic E-state index is 12.0. The first-order valence-corrected chi connectivity index (χ1v) is 6.48. The molecule has 0 aliphatic heterocycles. The van der Waals surface area contributed by atoms with Crippen LogP contribution in [0.15, 0.2) is 36.4 Å². The molecular weight excluding hydrogens is 195 g/mol. The highest BCUT2D eigenvalue weighted by molar-refractivity contribution is 7.65. The second-order valence-electron chi connectivity index (χ2n) is 3.12. The Morgan fingerprint density at radius 3 is 2.21 bits per heavy atom. The quantitative estimate of drug-likeness (QED) is 0.490. The molecule has 0 N–H and O–H groups in total. The number of allylic oxidation sites excluding steroid dienone is 2. The van der Waals surface area contributed by atoms with Crippen LogP contribution in [-0.4, -0.2) is 6.61 Å². The lowest BCUT2D eigenvalue weighted by Gasteiger charge is -2.12. The Kier molecular flexibility index (Phi) is 6.52. The zero-order valence-corrected chi connectivity index (χ0v) is 10.0. The lowest BCUT2D eigenvalue weighted by atomic mass is 10.2. The summed E-state index contributed by atoms with van der Waals surface area (Å²) in [6.45, 7) is 9.72. The molecule has 0 aromatic rings. The topological polar surface area (TPSA) is 26.3 Å². The van der Waals surface area contributed by atoms with Crippen LogP contribution in [-0.2, 0) is 9.09 Å². The van der Waals surface area contributed by atoms with Gasteiger partial charge in [-0.1, -0.05) is 25.2 Å². The Labute approximate surface area is 86.8 Å². The van der Waals surface area contributed by atoms with Gasteiger partial charge in [-0.05, 0) is 19.8 Å². The van der Waals surface area contributed by atoms with Gasteiger partial charge in [0.15, 0.2) is 0 Å². The van der Waals surface area contributed by atoms with Crippen LogP contribution in [0.25, 0.3) is 0 Å². The third kappa shape index (κ3) is 5.21. The van der Waals surface area contributed by atoms with Crippen molar-refractivity contribution in [3.8, 4) is 0 Å². The van der Waals surface area contributed by atoms with Gasteiger partial charge in [0.2, 0.25) is 7.37 Å². The molecule has 0 aliphatic rings. The molecule has 0 saturated carbocycles. The summed E-state index contributed by atoms with van der Waals surface area (Å²) in [5.74, 6) is 3.45. The third-order valence-electron chi connectivity index (χ3n) is 1.66. The second-order valence-corrected chi connectivity index (χ2v) is 5.26. The molecule has 0 spiro atoms. The Morgan fingerprint density at radius 2 is 1.86 bits per heavy atom. The van der Waals surface area contributed by atoms with Crippen molar-refractivity contribution in [1.82, 2.24) is 0 Å². The lowest BCUT2D eigenvalue weighted by Crippen LogP contribution is -1.99. The Hall–Kier alpha value is -0.590. The smallest absolute Gasteiger partial charge is 0.246 e. The van der Waals surface area contributed by atoms with Gasteiger partial charge in [-0.2, -0.15) is 0 Å². The predicted octanol–water partition coefficient (Wildman–Crippen LogP) is 4.17. The molecule has 0 amide bonds. The molecule has 0 bridgehead atoms. The highest BCUT2D eigenvalue weighted by Gasteiger charge is 2.14. The molecule has 0 aliphatic carbocycles. The molecule has 0 rings (SSSR count). The summed E-state index contributed by atoms with van der Waals surface area (Å²) in [5.41, 5.74) is 0. The van der Waals surface area contributed by atoms with E-state index in [1.165, 1.54) is 0 Å².